The normalized spacial score (nSPS) is 11.5. The molecule has 2 rings (SSSR count). The Kier molecular flexibility index (Phi) is 3.72. The summed E-state index contributed by atoms with van der Waals surface area (Å²) < 4.78 is 5.15. The molecule has 0 saturated heterocycles. The molecule has 0 radical (unpaired) electrons. The number of nitrogens with one attached hydrogen (secondary N) is 1. The number of benzene rings is 1. The minimum atomic E-state index is -0.436. The zero-order valence-electron chi connectivity index (χ0n) is 12.9. The van der Waals surface area contributed by atoms with Crippen molar-refractivity contribution in [3.05, 3.63) is 33.9 Å². The van der Waals surface area contributed by atoms with Gasteiger partial charge in [-0.25, -0.2) is 4.98 Å². The molecular weight excluding hydrogens is 270 g/mol. The number of nitro groups is 1. The van der Waals surface area contributed by atoms with Crippen LogP contribution < -0.4 is 10.1 Å². The van der Waals surface area contributed by atoms with Gasteiger partial charge < -0.3 is 10.1 Å². The van der Waals surface area contributed by atoms with Gasteiger partial charge in [-0.3, -0.25) is 10.1 Å². The Balaban J connectivity index is 2.86. The van der Waals surface area contributed by atoms with Crippen LogP contribution in [-0.2, 0) is 5.41 Å². The van der Waals surface area contributed by atoms with Gasteiger partial charge in [-0.2, -0.15) is 0 Å². The van der Waals surface area contributed by atoms with Gasteiger partial charge in [0.15, 0.2) is 5.52 Å². The molecule has 112 valence electrons. The van der Waals surface area contributed by atoms with Gasteiger partial charge in [0.2, 0.25) is 0 Å². The van der Waals surface area contributed by atoms with Crippen molar-refractivity contribution >= 4 is 22.4 Å². The zero-order valence-corrected chi connectivity index (χ0v) is 12.9. The third kappa shape index (κ3) is 2.74. The molecule has 0 amide bonds. The number of anilines is 1. The average molecular weight is 289 g/mol. The molecule has 0 spiro atoms. The van der Waals surface area contributed by atoms with Crippen LogP contribution in [0.15, 0.2) is 18.2 Å². The molecule has 0 atom stereocenters. The monoisotopic (exact) mass is 289 g/mol. The van der Waals surface area contributed by atoms with E-state index < -0.39 is 4.92 Å². The summed E-state index contributed by atoms with van der Waals surface area (Å²) in [7, 11) is 3.25. The largest absolute Gasteiger partial charge is 0.496 e. The van der Waals surface area contributed by atoms with Gasteiger partial charge in [0.1, 0.15) is 11.6 Å². The molecule has 1 N–H and O–H groups in total. The van der Waals surface area contributed by atoms with Crippen LogP contribution in [0.4, 0.5) is 11.5 Å². The van der Waals surface area contributed by atoms with Crippen molar-refractivity contribution in [2.45, 2.75) is 26.2 Å². The van der Waals surface area contributed by atoms with Crippen molar-refractivity contribution in [2.75, 3.05) is 19.5 Å². The quantitative estimate of drug-likeness (QED) is 0.691. The molecule has 6 nitrogen and oxygen atoms in total. The van der Waals surface area contributed by atoms with Crippen molar-refractivity contribution in [3.8, 4) is 5.75 Å². The fraction of sp³-hybridized carbons (Fsp3) is 0.400. The lowest BCUT2D eigenvalue weighted by Gasteiger charge is -2.22. The van der Waals surface area contributed by atoms with Crippen molar-refractivity contribution in [2.24, 2.45) is 0 Å². The zero-order chi connectivity index (χ0) is 15.8. The van der Waals surface area contributed by atoms with E-state index in [9.17, 15) is 10.1 Å². The van der Waals surface area contributed by atoms with Gasteiger partial charge in [0.05, 0.1) is 18.1 Å². The molecule has 0 unspecified atom stereocenters. The van der Waals surface area contributed by atoms with E-state index in [4.69, 9.17) is 4.74 Å². The standard InChI is InChI=1S/C15H19N3O3/c1-15(2,3)11-7-9-6-10(21-5)8-12(18(19)20)13(9)17-14(11)16-4/h6-8H,1-5H3,(H,16,17). The Labute approximate surface area is 123 Å². The summed E-state index contributed by atoms with van der Waals surface area (Å²) in [6.45, 7) is 6.22. The Morgan fingerprint density at radius 3 is 2.43 bits per heavy atom. The SMILES string of the molecule is CNc1nc2c([N+](=O)[O-])cc(OC)cc2cc1C(C)(C)C. The van der Waals surface area contributed by atoms with E-state index >= 15 is 0 Å². The Morgan fingerprint density at radius 2 is 1.95 bits per heavy atom. The minimum absolute atomic E-state index is 0.0543. The second-order valence-electron chi connectivity index (χ2n) is 5.86. The molecule has 0 aliphatic rings. The van der Waals surface area contributed by atoms with Gasteiger partial charge in [-0.05, 0) is 17.5 Å². The van der Waals surface area contributed by atoms with Crippen LogP contribution in [0, 0.1) is 10.1 Å². The predicted molar refractivity (Wildman–Crippen MR) is 83.2 cm³/mol. The first-order valence-corrected chi connectivity index (χ1v) is 6.63. The van der Waals surface area contributed by atoms with E-state index in [0.717, 1.165) is 5.56 Å². The molecule has 1 heterocycles. The molecular formula is C15H19N3O3. The van der Waals surface area contributed by atoms with Gasteiger partial charge >= 0.3 is 0 Å². The van der Waals surface area contributed by atoms with Crippen LogP contribution in [-0.4, -0.2) is 24.1 Å². The molecule has 0 bridgehead atoms. The number of methoxy groups -OCH3 is 1. The van der Waals surface area contributed by atoms with Crippen LogP contribution in [0.1, 0.15) is 26.3 Å². The van der Waals surface area contributed by atoms with E-state index in [1.54, 1.807) is 13.1 Å². The van der Waals surface area contributed by atoms with Crippen molar-refractivity contribution in [1.29, 1.82) is 0 Å². The van der Waals surface area contributed by atoms with Crippen LogP contribution in [0.2, 0.25) is 0 Å². The first-order chi connectivity index (χ1) is 9.77. The summed E-state index contributed by atoms with van der Waals surface area (Å²) in [5, 5.41) is 15.0. The number of hydrogen-bond donors (Lipinski definition) is 1. The number of non-ortho nitro benzene ring substituents is 1. The van der Waals surface area contributed by atoms with Crippen LogP contribution in [0.3, 0.4) is 0 Å². The second kappa shape index (κ2) is 5.20. The van der Waals surface area contributed by atoms with E-state index in [-0.39, 0.29) is 11.1 Å². The highest BCUT2D eigenvalue weighted by atomic mass is 16.6. The first kappa shape index (κ1) is 15.0. The number of pyridine rings is 1. The maximum atomic E-state index is 11.3. The summed E-state index contributed by atoms with van der Waals surface area (Å²) in [5.74, 6) is 1.11. The number of nitro benzene ring substituents is 1. The maximum absolute atomic E-state index is 11.3. The van der Waals surface area contributed by atoms with Gasteiger partial charge in [0.25, 0.3) is 5.69 Å². The summed E-state index contributed by atoms with van der Waals surface area (Å²) in [4.78, 5) is 15.3. The molecule has 0 aliphatic heterocycles. The summed E-state index contributed by atoms with van der Waals surface area (Å²) >= 11 is 0. The predicted octanol–water partition coefficient (Wildman–Crippen LogP) is 3.49. The maximum Gasteiger partial charge on any atom is 0.299 e. The molecule has 6 heteroatoms. The number of hydrogen-bond acceptors (Lipinski definition) is 5. The van der Waals surface area contributed by atoms with Gasteiger partial charge in [0, 0.05) is 18.0 Å². The Bertz CT molecular complexity index is 705. The molecule has 1 aromatic carbocycles. The molecule has 1 aromatic heterocycles. The average Bonchev–Trinajstić information content (AvgIpc) is 2.43. The van der Waals surface area contributed by atoms with E-state index in [1.165, 1.54) is 13.2 Å². The van der Waals surface area contributed by atoms with Crippen molar-refractivity contribution in [3.63, 3.8) is 0 Å². The number of fused-ring (bicyclic) bond motifs is 1. The van der Waals surface area contributed by atoms with Crippen molar-refractivity contribution < 1.29 is 9.66 Å². The van der Waals surface area contributed by atoms with E-state index in [1.807, 2.05) is 6.07 Å². The lowest BCUT2D eigenvalue weighted by molar-refractivity contribution is -0.383. The number of nitrogens with zero attached hydrogens (tertiary/aromatic N) is 2. The highest BCUT2D eigenvalue weighted by Gasteiger charge is 2.23. The fourth-order valence-corrected chi connectivity index (χ4v) is 2.26. The summed E-state index contributed by atoms with van der Waals surface area (Å²) in [6, 6.07) is 5.10. The molecule has 0 saturated carbocycles. The summed E-state index contributed by atoms with van der Waals surface area (Å²) in [6.07, 6.45) is 0. The molecule has 2 aromatic rings. The minimum Gasteiger partial charge on any atom is -0.496 e. The number of ether oxygens (including phenoxy) is 1. The lowest BCUT2D eigenvalue weighted by atomic mass is 9.86. The highest BCUT2D eigenvalue weighted by Crippen LogP contribution is 2.36. The highest BCUT2D eigenvalue weighted by molar-refractivity contribution is 5.91. The molecule has 0 aliphatic carbocycles. The second-order valence-corrected chi connectivity index (χ2v) is 5.86. The third-order valence-electron chi connectivity index (χ3n) is 3.35. The Morgan fingerprint density at radius 1 is 1.29 bits per heavy atom. The molecule has 21 heavy (non-hydrogen) atoms. The van der Waals surface area contributed by atoms with Crippen LogP contribution >= 0.6 is 0 Å². The van der Waals surface area contributed by atoms with Crippen molar-refractivity contribution in [1.82, 2.24) is 4.98 Å². The van der Waals surface area contributed by atoms with Gasteiger partial charge in [-0.15, -0.1) is 0 Å². The van der Waals surface area contributed by atoms with Gasteiger partial charge in [-0.1, -0.05) is 20.8 Å². The Hall–Kier alpha value is -2.37. The van der Waals surface area contributed by atoms with E-state index in [0.29, 0.717) is 22.5 Å². The molecule has 0 fully saturated rings. The van der Waals surface area contributed by atoms with Crippen LogP contribution in [0.25, 0.3) is 10.9 Å². The lowest BCUT2D eigenvalue weighted by Crippen LogP contribution is -2.15. The fourth-order valence-electron chi connectivity index (χ4n) is 2.26. The number of rotatable bonds is 3. The first-order valence-electron chi connectivity index (χ1n) is 6.63. The third-order valence-corrected chi connectivity index (χ3v) is 3.35. The topological polar surface area (TPSA) is 77.3 Å². The van der Waals surface area contributed by atoms with Crippen LogP contribution in [0.5, 0.6) is 5.75 Å². The smallest absolute Gasteiger partial charge is 0.299 e. The van der Waals surface area contributed by atoms with E-state index in [2.05, 4.69) is 31.1 Å². The number of aromatic nitrogens is 1. The summed E-state index contributed by atoms with van der Waals surface area (Å²) in [5.41, 5.74) is 1.18.